The lowest BCUT2D eigenvalue weighted by Gasteiger charge is -2.13. The fourth-order valence-corrected chi connectivity index (χ4v) is 2.89. The van der Waals surface area contributed by atoms with E-state index in [0.717, 1.165) is 11.3 Å². The van der Waals surface area contributed by atoms with Gasteiger partial charge in [0, 0.05) is 33.3 Å². The summed E-state index contributed by atoms with van der Waals surface area (Å²) in [4.78, 5) is 4.38. The van der Waals surface area contributed by atoms with Crippen LogP contribution in [0, 0.1) is 5.82 Å². The van der Waals surface area contributed by atoms with E-state index in [-0.39, 0.29) is 13.2 Å². The first kappa shape index (κ1) is 18.6. The molecule has 1 aromatic heterocycles. The van der Waals surface area contributed by atoms with Crippen molar-refractivity contribution < 1.29 is 14.2 Å². The number of aliphatic hydroxyl groups is 1. The van der Waals surface area contributed by atoms with Crippen LogP contribution in [0.5, 0.6) is 5.75 Å². The molecule has 0 saturated carbocycles. The second-order valence-corrected chi connectivity index (χ2v) is 6.60. The molecule has 134 valence electrons. The van der Waals surface area contributed by atoms with Gasteiger partial charge in [0.1, 0.15) is 18.2 Å². The Hall–Kier alpha value is -2.14. The average Bonchev–Trinajstić information content (AvgIpc) is 2.62. The predicted molar refractivity (Wildman–Crippen MR) is 100 cm³/mol. The lowest BCUT2D eigenvalue weighted by atomic mass is 10.1. The van der Waals surface area contributed by atoms with Gasteiger partial charge in [0.25, 0.3) is 0 Å². The van der Waals surface area contributed by atoms with Crippen molar-refractivity contribution in [2.24, 2.45) is 0 Å². The maximum atomic E-state index is 13.9. The Balaban J connectivity index is 1.81. The fourth-order valence-electron chi connectivity index (χ4n) is 2.53. The molecule has 0 bridgehead atoms. The molecule has 6 heteroatoms. The van der Waals surface area contributed by atoms with Crippen LogP contribution in [-0.4, -0.2) is 10.1 Å². The molecule has 0 saturated heterocycles. The Morgan fingerprint density at radius 3 is 2.42 bits per heavy atom. The van der Waals surface area contributed by atoms with Crippen molar-refractivity contribution in [1.29, 1.82) is 0 Å². The standard InChI is InChI=1S/C20H16Cl2FNO2/c21-15-6-7-20(26-12-13-4-5-16(22)10-19(13)23)14(8-15)9-17-2-1-3-18(11-25)24-17/h1-8,10,25H,9,11-12H2. The third-order valence-electron chi connectivity index (χ3n) is 3.82. The van der Waals surface area contributed by atoms with Crippen molar-refractivity contribution in [3.8, 4) is 5.75 Å². The molecular formula is C20H16Cl2FNO2. The van der Waals surface area contributed by atoms with Crippen LogP contribution >= 0.6 is 23.2 Å². The van der Waals surface area contributed by atoms with E-state index in [4.69, 9.17) is 27.9 Å². The number of halogens is 3. The highest BCUT2D eigenvalue weighted by atomic mass is 35.5. The molecule has 1 heterocycles. The van der Waals surface area contributed by atoms with Gasteiger partial charge in [-0.25, -0.2) is 4.39 Å². The lowest BCUT2D eigenvalue weighted by molar-refractivity contribution is 0.276. The number of ether oxygens (including phenoxy) is 1. The van der Waals surface area contributed by atoms with E-state index in [1.165, 1.54) is 6.07 Å². The molecule has 0 aliphatic rings. The zero-order valence-corrected chi connectivity index (χ0v) is 15.3. The molecule has 0 aliphatic heterocycles. The van der Waals surface area contributed by atoms with Crippen LogP contribution in [0.3, 0.4) is 0 Å². The van der Waals surface area contributed by atoms with Crippen LogP contribution in [-0.2, 0) is 19.6 Å². The molecule has 3 nitrogen and oxygen atoms in total. The molecule has 26 heavy (non-hydrogen) atoms. The number of benzene rings is 2. The third kappa shape index (κ3) is 4.73. The second kappa shape index (κ2) is 8.49. The number of rotatable bonds is 6. The first-order valence-electron chi connectivity index (χ1n) is 7.96. The van der Waals surface area contributed by atoms with Crippen molar-refractivity contribution in [2.75, 3.05) is 0 Å². The summed E-state index contributed by atoms with van der Waals surface area (Å²) in [5, 5.41) is 10.1. The van der Waals surface area contributed by atoms with Crippen LogP contribution < -0.4 is 4.74 Å². The Morgan fingerprint density at radius 1 is 0.923 bits per heavy atom. The molecule has 0 amide bonds. The molecule has 0 unspecified atom stereocenters. The fraction of sp³-hybridized carbons (Fsp3) is 0.150. The molecule has 3 aromatic rings. The number of aromatic nitrogens is 1. The summed E-state index contributed by atoms with van der Waals surface area (Å²) in [6.07, 6.45) is 0.479. The Labute approximate surface area is 161 Å². The molecule has 0 aliphatic carbocycles. The van der Waals surface area contributed by atoms with Crippen LogP contribution in [0.25, 0.3) is 0 Å². The van der Waals surface area contributed by atoms with E-state index in [9.17, 15) is 9.50 Å². The first-order chi connectivity index (χ1) is 12.5. The van der Waals surface area contributed by atoms with Crippen LogP contribution in [0.15, 0.2) is 54.6 Å². The van der Waals surface area contributed by atoms with E-state index in [0.29, 0.717) is 33.5 Å². The van der Waals surface area contributed by atoms with Gasteiger partial charge in [-0.2, -0.15) is 0 Å². The van der Waals surface area contributed by atoms with E-state index in [1.807, 2.05) is 12.1 Å². The number of hydrogen-bond donors (Lipinski definition) is 1. The first-order valence-corrected chi connectivity index (χ1v) is 8.71. The molecule has 0 spiro atoms. The van der Waals surface area contributed by atoms with Crippen molar-refractivity contribution in [3.05, 3.63) is 93.0 Å². The van der Waals surface area contributed by atoms with Crippen LogP contribution in [0.4, 0.5) is 4.39 Å². The van der Waals surface area contributed by atoms with E-state index >= 15 is 0 Å². The number of nitrogens with zero attached hydrogens (tertiary/aromatic N) is 1. The topological polar surface area (TPSA) is 42.4 Å². The lowest BCUT2D eigenvalue weighted by Crippen LogP contribution is -2.03. The predicted octanol–water partition coefficient (Wildman–Crippen LogP) is 5.19. The van der Waals surface area contributed by atoms with Crippen LogP contribution in [0.2, 0.25) is 10.0 Å². The maximum Gasteiger partial charge on any atom is 0.131 e. The number of aliphatic hydroxyl groups excluding tert-OH is 1. The summed E-state index contributed by atoms with van der Waals surface area (Å²) in [6.45, 7) is -0.0513. The zero-order valence-electron chi connectivity index (χ0n) is 13.8. The highest BCUT2D eigenvalue weighted by Gasteiger charge is 2.10. The second-order valence-electron chi connectivity index (χ2n) is 5.73. The Morgan fingerprint density at radius 2 is 1.65 bits per heavy atom. The number of hydrogen-bond acceptors (Lipinski definition) is 3. The minimum absolute atomic E-state index is 0.0712. The molecule has 0 fully saturated rings. The van der Waals surface area contributed by atoms with Gasteiger partial charge in [0.05, 0.1) is 12.3 Å². The van der Waals surface area contributed by atoms with Gasteiger partial charge in [-0.15, -0.1) is 0 Å². The van der Waals surface area contributed by atoms with Gasteiger partial charge in [0.2, 0.25) is 0 Å². The van der Waals surface area contributed by atoms with E-state index < -0.39 is 5.82 Å². The molecule has 3 rings (SSSR count). The van der Waals surface area contributed by atoms with Crippen LogP contribution in [0.1, 0.15) is 22.5 Å². The highest BCUT2D eigenvalue weighted by molar-refractivity contribution is 6.30. The monoisotopic (exact) mass is 391 g/mol. The molecule has 2 aromatic carbocycles. The summed E-state index contributed by atoms with van der Waals surface area (Å²) >= 11 is 11.9. The molecule has 0 atom stereocenters. The van der Waals surface area contributed by atoms with Crippen molar-refractivity contribution in [2.45, 2.75) is 19.6 Å². The summed E-state index contributed by atoms with van der Waals surface area (Å²) < 4.78 is 19.7. The van der Waals surface area contributed by atoms with Gasteiger partial charge in [-0.1, -0.05) is 35.3 Å². The van der Waals surface area contributed by atoms with Gasteiger partial charge in [-0.3, -0.25) is 4.98 Å². The van der Waals surface area contributed by atoms with Gasteiger partial charge in [-0.05, 0) is 42.5 Å². The number of pyridine rings is 1. The van der Waals surface area contributed by atoms with E-state index in [1.54, 1.807) is 36.4 Å². The maximum absolute atomic E-state index is 13.9. The minimum atomic E-state index is -0.412. The summed E-state index contributed by atoms with van der Waals surface area (Å²) in [6, 6.07) is 15.2. The molecular weight excluding hydrogens is 376 g/mol. The zero-order chi connectivity index (χ0) is 18.5. The van der Waals surface area contributed by atoms with Crippen molar-refractivity contribution in [1.82, 2.24) is 4.98 Å². The van der Waals surface area contributed by atoms with Crippen molar-refractivity contribution in [3.63, 3.8) is 0 Å². The molecule has 0 radical (unpaired) electrons. The van der Waals surface area contributed by atoms with Crippen molar-refractivity contribution >= 4 is 23.2 Å². The van der Waals surface area contributed by atoms with E-state index in [2.05, 4.69) is 4.98 Å². The smallest absolute Gasteiger partial charge is 0.131 e. The Bertz CT molecular complexity index is 918. The summed E-state index contributed by atoms with van der Waals surface area (Å²) in [7, 11) is 0. The summed E-state index contributed by atoms with van der Waals surface area (Å²) in [5.74, 6) is 0.185. The molecule has 1 N–H and O–H groups in total. The van der Waals surface area contributed by atoms with Gasteiger partial charge in [0.15, 0.2) is 0 Å². The van der Waals surface area contributed by atoms with Gasteiger partial charge >= 0.3 is 0 Å². The summed E-state index contributed by atoms with van der Waals surface area (Å²) in [5.41, 5.74) is 2.61. The van der Waals surface area contributed by atoms with Gasteiger partial charge < -0.3 is 9.84 Å². The largest absolute Gasteiger partial charge is 0.489 e. The Kier molecular flexibility index (Phi) is 6.09. The minimum Gasteiger partial charge on any atom is -0.489 e. The third-order valence-corrected chi connectivity index (χ3v) is 4.29. The SMILES string of the molecule is OCc1cccc(Cc2cc(Cl)ccc2OCc2ccc(Cl)cc2F)n1. The average molecular weight is 392 g/mol. The normalized spacial score (nSPS) is 10.8. The highest BCUT2D eigenvalue weighted by Crippen LogP contribution is 2.26. The quantitative estimate of drug-likeness (QED) is 0.628.